The molecule has 1 saturated heterocycles. The number of rotatable bonds is 1. The molecule has 0 aliphatic carbocycles. The highest BCUT2D eigenvalue weighted by Crippen LogP contribution is 2.13. The minimum Gasteiger partial charge on any atom is -0.394 e. The predicted molar refractivity (Wildman–Crippen MR) is 41.4 cm³/mol. The number of nitrogens with zero attached hydrogens (tertiary/aromatic N) is 2. The van der Waals surface area contributed by atoms with Crippen LogP contribution < -0.4 is 0 Å². The highest BCUT2D eigenvalue weighted by Gasteiger charge is 2.33. The van der Waals surface area contributed by atoms with Gasteiger partial charge in [-0.15, -0.1) is 0 Å². The molecule has 0 aromatic carbocycles. The number of amides is 3. The average Bonchev–Trinajstić information content (AvgIpc) is 2.08. The zero-order chi connectivity index (χ0) is 9.30. The first-order valence-corrected chi connectivity index (χ1v) is 3.72. The lowest BCUT2D eigenvalue weighted by Crippen LogP contribution is -2.54. The summed E-state index contributed by atoms with van der Waals surface area (Å²) in [5, 5.41) is 8.82. The number of likely N-dealkylation sites (N-methyl/N-ethyl adjacent to an activating group) is 1. The maximum atomic E-state index is 11.2. The highest BCUT2D eigenvalue weighted by molar-refractivity contribution is 5.96. The molecule has 1 aliphatic heterocycles. The van der Waals surface area contributed by atoms with Gasteiger partial charge < -0.3 is 10.0 Å². The Bertz CT molecular complexity index is 217. The first kappa shape index (κ1) is 8.99. The molecule has 0 spiro atoms. The van der Waals surface area contributed by atoms with Gasteiger partial charge in [0.2, 0.25) is 5.91 Å². The molecule has 3 amide bonds. The number of imide groups is 1. The normalized spacial score (nSPS) is 25.1. The standard InChI is InChI=1S/C7H12N2O3/c1-8-5(4-10)3-6(11)9(2)7(8)12/h5,10H,3-4H2,1-2H3. The van der Waals surface area contributed by atoms with Gasteiger partial charge in [0.05, 0.1) is 19.1 Å². The summed E-state index contributed by atoms with van der Waals surface area (Å²) in [4.78, 5) is 24.7. The van der Waals surface area contributed by atoms with Crippen LogP contribution in [0.3, 0.4) is 0 Å². The van der Waals surface area contributed by atoms with E-state index in [1.165, 1.54) is 11.9 Å². The smallest absolute Gasteiger partial charge is 0.326 e. The van der Waals surface area contributed by atoms with Crippen molar-refractivity contribution in [3.05, 3.63) is 0 Å². The third-order valence-corrected chi connectivity index (χ3v) is 2.13. The van der Waals surface area contributed by atoms with Gasteiger partial charge in [0, 0.05) is 14.1 Å². The molecule has 0 aromatic rings. The maximum absolute atomic E-state index is 11.2. The average molecular weight is 172 g/mol. The first-order valence-electron chi connectivity index (χ1n) is 3.72. The topological polar surface area (TPSA) is 60.9 Å². The van der Waals surface area contributed by atoms with E-state index in [-0.39, 0.29) is 31.0 Å². The van der Waals surface area contributed by atoms with Crippen LogP contribution in [-0.2, 0) is 4.79 Å². The van der Waals surface area contributed by atoms with Crippen molar-refractivity contribution in [3.8, 4) is 0 Å². The molecule has 0 bridgehead atoms. The Labute approximate surface area is 70.6 Å². The molecular weight excluding hydrogens is 160 g/mol. The second-order valence-corrected chi connectivity index (χ2v) is 2.89. The Kier molecular flexibility index (Phi) is 2.32. The number of carbonyl (C=O) groups excluding carboxylic acids is 2. The zero-order valence-electron chi connectivity index (χ0n) is 7.15. The Morgan fingerprint density at radius 1 is 1.50 bits per heavy atom. The number of carbonyl (C=O) groups is 2. The van der Waals surface area contributed by atoms with E-state index < -0.39 is 0 Å². The lowest BCUT2D eigenvalue weighted by molar-refractivity contribution is -0.131. The highest BCUT2D eigenvalue weighted by atomic mass is 16.3. The van der Waals surface area contributed by atoms with Gasteiger partial charge in [-0.2, -0.15) is 0 Å². The largest absolute Gasteiger partial charge is 0.394 e. The Morgan fingerprint density at radius 3 is 2.58 bits per heavy atom. The quantitative estimate of drug-likeness (QED) is 0.566. The molecule has 0 radical (unpaired) electrons. The van der Waals surface area contributed by atoms with Crippen LogP contribution in [0.15, 0.2) is 0 Å². The van der Waals surface area contributed by atoms with Crippen LogP contribution in [0.25, 0.3) is 0 Å². The molecule has 1 aliphatic rings. The van der Waals surface area contributed by atoms with Crippen molar-refractivity contribution in [3.63, 3.8) is 0 Å². The van der Waals surface area contributed by atoms with Crippen molar-refractivity contribution < 1.29 is 14.7 Å². The monoisotopic (exact) mass is 172 g/mol. The molecule has 1 rings (SSSR count). The maximum Gasteiger partial charge on any atom is 0.326 e. The minimum absolute atomic E-state index is 0.165. The molecule has 1 unspecified atom stereocenters. The van der Waals surface area contributed by atoms with E-state index in [0.717, 1.165) is 4.90 Å². The lowest BCUT2D eigenvalue weighted by Gasteiger charge is -2.35. The van der Waals surface area contributed by atoms with Crippen molar-refractivity contribution >= 4 is 11.9 Å². The van der Waals surface area contributed by atoms with Gasteiger partial charge in [-0.25, -0.2) is 4.79 Å². The third kappa shape index (κ3) is 1.27. The summed E-state index contributed by atoms with van der Waals surface area (Å²) in [6.07, 6.45) is 0.204. The fourth-order valence-electron chi connectivity index (χ4n) is 1.16. The van der Waals surface area contributed by atoms with E-state index in [1.807, 2.05) is 0 Å². The SMILES string of the molecule is CN1C(=O)CC(CO)N(C)C1=O. The Balaban J connectivity index is 2.77. The van der Waals surface area contributed by atoms with Gasteiger partial charge >= 0.3 is 6.03 Å². The molecule has 68 valence electrons. The van der Waals surface area contributed by atoms with Crippen molar-refractivity contribution in [2.45, 2.75) is 12.5 Å². The van der Waals surface area contributed by atoms with Gasteiger partial charge in [-0.1, -0.05) is 0 Å². The molecule has 0 saturated carbocycles. The van der Waals surface area contributed by atoms with Crippen molar-refractivity contribution in [2.24, 2.45) is 0 Å². The van der Waals surface area contributed by atoms with Gasteiger partial charge in [-0.05, 0) is 0 Å². The second kappa shape index (κ2) is 3.10. The summed E-state index contributed by atoms with van der Waals surface area (Å²) in [6, 6.07) is -0.716. The van der Waals surface area contributed by atoms with Crippen LogP contribution in [0.5, 0.6) is 0 Å². The van der Waals surface area contributed by atoms with Crippen molar-refractivity contribution in [2.75, 3.05) is 20.7 Å². The van der Waals surface area contributed by atoms with Crippen LogP contribution in [0, 0.1) is 0 Å². The molecule has 5 nitrogen and oxygen atoms in total. The van der Waals surface area contributed by atoms with Crippen LogP contribution in [-0.4, -0.2) is 53.6 Å². The fraction of sp³-hybridized carbons (Fsp3) is 0.714. The molecule has 12 heavy (non-hydrogen) atoms. The first-order chi connectivity index (χ1) is 5.57. The Morgan fingerprint density at radius 2 is 2.08 bits per heavy atom. The van der Waals surface area contributed by atoms with Crippen LogP contribution >= 0.6 is 0 Å². The summed E-state index contributed by atoms with van der Waals surface area (Å²) in [5.41, 5.74) is 0. The molecule has 1 heterocycles. The number of hydrogen-bond donors (Lipinski definition) is 1. The van der Waals surface area contributed by atoms with Crippen LogP contribution in [0.4, 0.5) is 4.79 Å². The number of aliphatic hydroxyl groups is 1. The summed E-state index contributed by atoms with van der Waals surface area (Å²) in [6.45, 7) is -0.165. The minimum atomic E-state index is -0.360. The van der Waals surface area contributed by atoms with Gasteiger partial charge in [0.25, 0.3) is 0 Å². The molecule has 5 heteroatoms. The van der Waals surface area contributed by atoms with E-state index in [0.29, 0.717) is 0 Å². The number of urea groups is 1. The summed E-state index contributed by atoms with van der Waals surface area (Å²) in [7, 11) is 3.01. The van der Waals surface area contributed by atoms with Crippen molar-refractivity contribution in [1.29, 1.82) is 0 Å². The predicted octanol–water partition coefficient (Wildman–Crippen LogP) is -0.739. The van der Waals surface area contributed by atoms with Crippen LogP contribution in [0.2, 0.25) is 0 Å². The summed E-state index contributed by atoms with van der Waals surface area (Å²) >= 11 is 0. The lowest BCUT2D eigenvalue weighted by atomic mass is 10.1. The van der Waals surface area contributed by atoms with Crippen LogP contribution in [0.1, 0.15) is 6.42 Å². The molecular formula is C7H12N2O3. The fourth-order valence-corrected chi connectivity index (χ4v) is 1.16. The van der Waals surface area contributed by atoms with E-state index in [2.05, 4.69) is 0 Å². The molecule has 1 atom stereocenters. The van der Waals surface area contributed by atoms with Gasteiger partial charge in [0.1, 0.15) is 0 Å². The van der Waals surface area contributed by atoms with E-state index in [4.69, 9.17) is 5.11 Å². The Hall–Kier alpha value is -1.10. The molecule has 1 N–H and O–H groups in total. The molecule has 1 fully saturated rings. The van der Waals surface area contributed by atoms with Crippen molar-refractivity contribution in [1.82, 2.24) is 9.80 Å². The van der Waals surface area contributed by atoms with Gasteiger partial charge in [0.15, 0.2) is 0 Å². The zero-order valence-corrected chi connectivity index (χ0v) is 7.15. The van der Waals surface area contributed by atoms with Gasteiger partial charge in [-0.3, -0.25) is 9.69 Å². The van der Waals surface area contributed by atoms with E-state index >= 15 is 0 Å². The summed E-state index contributed by atoms with van der Waals surface area (Å²) < 4.78 is 0. The number of aliphatic hydroxyl groups excluding tert-OH is 1. The second-order valence-electron chi connectivity index (χ2n) is 2.89. The summed E-state index contributed by atoms with van der Waals surface area (Å²) in [5.74, 6) is -0.239. The van der Waals surface area contributed by atoms with E-state index in [9.17, 15) is 9.59 Å². The molecule has 0 aromatic heterocycles. The van der Waals surface area contributed by atoms with E-state index in [1.54, 1.807) is 7.05 Å². The third-order valence-electron chi connectivity index (χ3n) is 2.13. The number of hydrogen-bond acceptors (Lipinski definition) is 3.